The minimum absolute atomic E-state index is 0. The zero-order valence-corrected chi connectivity index (χ0v) is 19.3. The van der Waals surface area contributed by atoms with Crippen LogP contribution in [0.3, 0.4) is 0 Å². The van der Waals surface area contributed by atoms with Gasteiger partial charge < -0.3 is 24.5 Å². The lowest BCUT2D eigenvalue weighted by atomic mass is 10.2. The van der Waals surface area contributed by atoms with Gasteiger partial charge in [-0.05, 0) is 38.1 Å². The van der Waals surface area contributed by atoms with Gasteiger partial charge in [-0.1, -0.05) is 6.07 Å². The number of aromatic nitrogens is 2. The Labute approximate surface area is 188 Å². The Hall–Kier alpha value is -2.49. The summed E-state index contributed by atoms with van der Waals surface area (Å²) in [5.74, 6) is 2.13. The van der Waals surface area contributed by atoms with E-state index in [2.05, 4.69) is 20.6 Å². The predicted octanol–water partition coefficient (Wildman–Crippen LogP) is 3.98. The highest BCUT2D eigenvalue weighted by molar-refractivity contribution is 14.0. The van der Waals surface area contributed by atoms with Crippen molar-refractivity contribution in [2.24, 2.45) is 4.99 Å². The minimum Gasteiger partial charge on any atom is -0.493 e. The van der Waals surface area contributed by atoms with Crippen LogP contribution < -0.4 is 20.1 Å². The fraction of sp³-hybridized carbons (Fsp3) is 0.333. The van der Waals surface area contributed by atoms with Crippen molar-refractivity contribution in [2.45, 2.75) is 20.3 Å². The van der Waals surface area contributed by atoms with Crippen LogP contribution in [-0.2, 0) is 6.42 Å². The number of anilines is 1. The van der Waals surface area contributed by atoms with Gasteiger partial charge in [-0.25, -0.2) is 4.98 Å². The first-order chi connectivity index (χ1) is 13.7. The number of nitrogens with zero attached hydrogens (tertiary/aromatic N) is 3. The van der Waals surface area contributed by atoms with Crippen LogP contribution in [0.4, 0.5) is 5.69 Å². The lowest BCUT2D eigenvalue weighted by Gasteiger charge is -2.14. The molecule has 1 aromatic carbocycles. The molecule has 3 aromatic rings. The monoisotopic (exact) mass is 509 g/mol. The van der Waals surface area contributed by atoms with E-state index in [0.29, 0.717) is 18.9 Å². The molecule has 2 N–H and O–H groups in total. The van der Waals surface area contributed by atoms with E-state index in [9.17, 15) is 0 Å². The molecule has 2 aromatic heterocycles. The van der Waals surface area contributed by atoms with Crippen molar-refractivity contribution in [1.29, 1.82) is 0 Å². The molecule has 2 heterocycles. The number of fused-ring (bicyclic) bond motifs is 1. The maximum absolute atomic E-state index is 5.57. The summed E-state index contributed by atoms with van der Waals surface area (Å²) in [5.41, 5.74) is 2.86. The van der Waals surface area contributed by atoms with Gasteiger partial charge in [0.15, 0.2) is 17.5 Å². The van der Waals surface area contributed by atoms with Crippen LogP contribution in [0.15, 0.2) is 53.8 Å². The number of hydrogen-bond acceptors (Lipinski definition) is 4. The average Bonchev–Trinajstić information content (AvgIpc) is 3.12. The molecule has 156 valence electrons. The van der Waals surface area contributed by atoms with Gasteiger partial charge in [-0.2, -0.15) is 0 Å². The Morgan fingerprint density at radius 2 is 2.03 bits per heavy atom. The van der Waals surface area contributed by atoms with E-state index in [0.717, 1.165) is 41.7 Å². The molecule has 3 rings (SSSR count). The van der Waals surface area contributed by atoms with Crippen molar-refractivity contribution >= 4 is 41.3 Å². The number of guanidine groups is 1. The highest BCUT2D eigenvalue weighted by atomic mass is 127. The standard InChI is InChI=1S/C21H27N5O2.HI/c1-4-22-21(25-16-9-10-18(28-5-2)19(14-16)27-3)23-12-11-17-15-26-13-7-6-8-20(26)24-17;/h6-10,13-15H,4-5,11-12H2,1-3H3,(H2,22,23,25);1H. The van der Waals surface area contributed by atoms with Crippen LogP contribution >= 0.6 is 24.0 Å². The van der Waals surface area contributed by atoms with E-state index in [4.69, 9.17) is 9.47 Å². The van der Waals surface area contributed by atoms with Crippen molar-refractivity contribution in [2.75, 3.05) is 32.1 Å². The maximum Gasteiger partial charge on any atom is 0.195 e. The SMILES string of the molecule is CCNC(=NCCc1cn2ccccc2n1)Nc1ccc(OCC)c(OC)c1.I. The number of hydrogen-bond donors (Lipinski definition) is 2. The molecule has 0 amide bonds. The Balaban J connectivity index is 0.00000300. The molecule has 0 atom stereocenters. The fourth-order valence-corrected chi connectivity index (χ4v) is 2.85. The van der Waals surface area contributed by atoms with E-state index in [1.54, 1.807) is 7.11 Å². The van der Waals surface area contributed by atoms with Gasteiger partial charge >= 0.3 is 0 Å². The molecule has 0 saturated heterocycles. The zero-order chi connectivity index (χ0) is 19.8. The second-order valence-corrected chi connectivity index (χ2v) is 6.13. The molecule has 0 saturated carbocycles. The third-order valence-electron chi connectivity index (χ3n) is 4.12. The number of pyridine rings is 1. The van der Waals surface area contributed by atoms with Crippen molar-refractivity contribution in [3.63, 3.8) is 0 Å². The summed E-state index contributed by atoms with van der Waals surface area (Å²) in [4.78, 5) is 9.27. The summed E-state index contributed by atoms with van der Waals surface area (Å²) in [6, 6.07) is 11.7. The van der Waals surface area contributed by atoms with Crippen LogP contribution in [0, 0.1) is 0 Å². The number of imidazole rings is 1. The van der Waals surface area contributed by atoms with Gasteiger partial charge in [0, 0.05) is 43.7 Å². The average molecular weight is 509 g/mol. The number of nitrogens with one attached hydrogen (secondary N) is 2. The van der Waals surface area contributed by atoms with Gasteiger partial charge in [0.05, 0.1) is 19.4 Å². The molecule has 8 heteroatoms. The van der Waals surface area contributed by atoms with Crippen LogP contribution in [0.25, 0.3) is 5.65 Å². The number of rotatable bonds is 8. The summed E-state index contributed by atoms with van der Waals surface area (Å²) >= 11 is 0. The van der Waals surface area contributed by atoms with Gasteiger partial charge in [0.25, 0.3) is 0 Å². The summed E-state index contributed by atoms with van der Waals surface area (Å²) in [6.07, 6.45) is 4.81. The highest BCUT2D eigenvalue weighted by Gasteiger charge is 2.07. The Morgan fingerprint density at radius 1 is 1.17 bits per heavy atom. The fourth-order valence-electron chi connectivity index (χ4n) is 2.85. The molecule has 29 heavy (non-hydrogen) atoms. The highest BCUT2D eigenvalue weighted by Crippen LogP contribution is 2.30. The van der Waals surface area contributed by atoms with Crippen molar-refractivity contribution in [3.05, 3.63) is 54.5 Å². The second kappa shape index (κ2) is 11.5. The Morgan fingerprint density at radius 3 is 2.76 bits per heavy atom. The predicted molar refractivity (Wildman–Crippen MR) is 128 cm³/mol. The van der Waals surface area contributed by atoms with Gasteiger partial charge in [-0.15, -0.1) is 24.0 Å². The second-order valence-electron chi connectivity index (χ2n) is 6.13. The van der Waals surface area contributed by atoms with Gasteiger partial charge in [-0.3, -0.25) is 4.99 Å². The summed E-state index contributed by atoms with van der Waals surface area (Å²) < 4.78 is 13.0. The minimum atomic E-state index is 0. The van der Waals surface area contributed by atoms with Crippen molar-refractivity contribution in [3.8, 4) is 11.5 Å². The summed E-state index contributed by atoms with van der Waals surface area (Å²) in [6.45, 7) is 5.99. The van der Waals surface area contributed by atoms with Crippen LogP contribution in [-0.4, -0.2) is 42.2 Å². The normalized spacial score (nSPS) is 11.1. The lowest BCUT2D eigenvalue weighted by Crippen LogP contribution is -2.30. The van der Waals surface area contributed by atoms with E-state index in [1.807, 2.05) is 67.0 Å². The first-order valence-electron chi connectivity index (χ1n) is 9.52. The number of aliphatic imine (C=N–C) groups is 1. The smallest absolute Gasteiger partial charge is 0.195 e. The molecule has 0 radical (unpaired) electrons. The van der Waals surface area contributed by atoms with E-state index >= 15 is 0 Å². The summed E-state index contributed by atoms with van der Waals surface area (Å²) in [7, 11) is 1.63. The van der Waals surface area contributed by atoms with E-state index in [1.165, 1.54) is 0 Å². The van der Waals surface area contributed by atoms with Crippen LogP contribution in [0.2, 0.25) is 0 Å². The van der Waals surface area contributed by atoms with Crippen molar-refractivity contribution < 1.29 is 9.47 Å². The molecule has 0 aliphatic carbocycles. The largest absolute Gasteiger partial charge is 0.493 e. The molecule has 0 aliphatic heterocycles. The maximum atomic E-state index is 5.57. The third kappa shape index (κ3) is 6.25. The first kappa shape index (κ1) is 22.8. The molecule has 0 unspecified atom stereocenters. The van der Waals surface area contributed by atoms with Crippen LogP contribution in [0.5, 0.6) is 11.5 Å². The quantitative estimate of drug-likeness (QED) is 0.273. The number of benzene rings is 1. The van der Waals surface area contributed by atoms with Gasteiger partial charge in [0.1, 0.15) is 5.65 Å². The number of ether oxygens (including phenoxy) is 2. The topological polar surface area (TPSA) is 72.2 Å². The van der Waals surface area contributed by atoms with Crippen LogP contribution in [0.1, 0.15) is 19.5 Å². The van der Waals surface area contributed by atoms with Crippen molar-refractivity contribution in [1.82, 2.24) is 14.7 Å². The molecule has 0 fully saturated rings. The molecule has 0 aliphatic rings. The third-order valence-corrected chi connectivity index (χ3v) is 4.12. The number of halogens is 1. The molecule has 0 bridgehead atoms. The zero-order valence-electron chi connectivity index (χ0n) is 17.0. The summed E-state index contributed by atoms with van der Waals surface area (Å²) in [5, 5.41) is 6.58. The molecule has 0 spiro atoms. The Kier molecular flexibility index (Phi) is 9.04. The molecule has 7 nitrogen and oxygen atoms in total. The molecular weight excluding hydrogens is 481 g/mol. The van der Waals surface area contributed by atoms with E-state index in [-0.39, 0.29) is 24.0 Å². The van der Waals surface area contributed by atoms with E-state index < -0.39 is 0 Å². The first-order valence-corrected chi connectivity index (χ1v) is 9.52. The lowest BCUT2D eigenvalue weighted by molar-refractivity contribution is 0.311. The van der Waals surface area contributed by atoms with Gasteiger partial charge in [0.2, 0.25) is 0 Å². The Bertz CT molecular complexity index is 909. The number of methoxy groups -OCH3 is 1. The molecular formula is C21H28IN5O2.